The lowest BCUT2D eigenvalue weighted by molar-refractivity contribution is -0.139. The molecule has 0 heterocycles. The number of carbonyl (C=O) groups excluding carboxylic acids is 1. The number of hydrogen-bond donors (Lipinski definition) is 0. The Hall–Kier alpha value is -1.09. The van der Waals surface area contributed by atoms with Gasteiger partial charge in [0.2, 0.25) is 0 Å². The van der Waals surface area contributed by atoms with Gasteiger partial charge in [-0.05, 0) is 30.2 Å². The number of aryl methyl sites for hydroxylation is 1. The van der Waals surface area contributed by atoms with E-state index in [1.165, 1.54) is 19.2 Å². The van der Waals surface area contributed by atoms with Crippen molar-refractivity contribution in [2.24, 2.45) is 0 Å². The smallest absolute Gasteiger partial charge is 0.310 e. The quantitative estimate of drug-likeness (QED) is 0.710. The third kappa shape index (κ3) is 2.45. The molecule has 0 aromatic heterocycles. The van der Waals surface area contributed by atoms with Crippen molar-refractivity contribution in [1.82, 2.24) is 0 Å². The van der Waals surface area contributed by atoms with E-state index in [1.54, 1.807) is 6.92 Å². The lowest BCUT2D eigenvalue weighted by atomic mass is 10.1. The molecule has 0 amide bonds. The monoisotopic (exact) mass is 216 g/mol. The summed E-state index contributed by atoms with van der Waals surface area (Å²) in [5.74, 6) is -0.831. The normalized spacial score (nSPS) is 10.0. The van der Waals surface area contributed by atoms with Crippen molar-refractivity contribution in [2.75, 3.05) is 7.11 Å². The molecule has 0 radical (unpaired) electrons. The van der Waals surface area contributed by atoms with Crippen LogP contribution in [0.1, 0.15) is 11.1 Å². The van der Waals surface area contributed by atoms with Gasteiger partial charge < -0.3 is 4.74 Å². The zero-order chi connectivity index (χ0) is 10.7. The first-order valence-electron chi connectivity index (χ1n) is 4.06. The van der Waals surface area contributed by atoms with Gasteiger partial charge in [-0.1, -0.05) is 11.6 Å². The average molecular weight is 217 g/mol. The van der Waals surface area contributed by atoms with Crippen LogP contribution in [0.3, 0.4) is 0 Å². The van der Waals surface area contributed by atoms with Crippen molar-refractivity contribution in [3.05, 3.63) is 34.1 Å². The Morgan fingerprint density at radius 1 is 1.57 bits per heavy atom. The molecule has 0 spiro atoms. The number of ether oxygens (including phenoxy) is 1. The highest BCUT2D eigenvalue weighted by atomic mass is 35.5. The molecule has 0 aliphatic carbocycles. The summed E-state index contributed by atoms with van der Waals surface area (Å²) < 4.78 is 17.4. The van der Waals surface area contributed by atoms with Gasteiger partial charge in [0.15, 0.2) is 0 Å². The maximum atomic E-state index is 13.0. The van der Waals surface area contributed by atoms with Crippen LogP contribution in [0.15, 0.2) is 12.1 Å². The van der Waals surface area contributed by atoms with Crippen LogP contribution in [0.4, 0.5) is 4.39 Å². The van der Waals surface area contributed by atoms with E-state index in [0.29, 0.717) is 16.1 Å². The van der Waals surface area contributed by atoms with E-state index >= 15 is 0 Å². The molecule has 76 valence electrons. The second kappa shape index (κ2) is 4.42. The zero-order valence-corrected chi connectivity index (χ0v) is 8.69. The second-order valence-electron chi connectivity index (χ2n) is 2.95. The standard InChI is InChI=1S/C10H10ClFO2/c1-6-3-8(12)4-7(10(6)11)5-9(13)14-2/h3-4H,5H2,1-2H3. The summed E-state index contributed by atoms with van der Waals surface area (Å²) in [6.45, 7) is 1.69. The highest BCUT2D eigenvalue weighted by Gasteiger charge is 2.10. The van der Waals surface area contributed by atoms with Crippen LogP contribution < -0.4 is 0 Å². The molecule has 1 aromatic carbocycles. The third-order valence-electron chi connectivity index (χ3n) is 1.86. The number of benzene rings is 1. The number of hydrogen-bond acceptors (Lipinski definition) is 2. The third-order valence-corrected chi connectivity index (χ3v) is 2.40. The van der Waals surface area contributed by atoms with Gasteiger partial charge in [-0.15, -0.1) is 0 Å². The number of halogens is 2. The van der Waals surface area contributed by atoms with E-state index in [2.05, 4.69) is 4.74 Å². The van der Waals surface area contributed by atoms with Crippen molar-refractivity contribution in [3.8, 4) is 0 Å². The van der Waals surface area contributed by atoms with Crippen LogP contribution in [-0.2, 0) is 16.0 Å². The van der Waals surface area contributed by atoms with E-state index in [9.17, 15) is 9.18 Å². The Morgan fingerprint density at radius 3 is 2.79 bits per heavy atom. The Morgan fingerprint density at radius 2 is 2.21 bits per heavy atom. The molecule has 0 atom stereocenters. The van der Waals surface area contributed by atoms with Crippen molar-refractivity contribution in [1.29, 1.82) is 0 Å². The minimum atomic E-state index is -0.433. The van der Waals surface area contributed by atoms with E-state index in [4.69, 9.17) is 11.6 Å². The first kappa shape index (κ1) is 11.0. The predicted octanol–water partition coefficient (Wildman–Crippen LogP) is 2.50. The summed E-state index contributed by atoms with van der Waals surface area (Å²) in [6.07, 6.45) is -0.00602. The van der Waals surface area contributed by atoms with Gasteiger partial charge in [0.25, 0.3) is 0 Å². The number of carbonyl (C=O) groups is 1. The maximum Gasteiger partial charge on any atom is 0.310 e. The van der Waals surface area contributed by atoms with Gasteiger partial charge in [0.1, 0.15) is 5.82 Å². The first-order chi connectivity index (χ1) is 6.54. The minimum Gasteiger partial charge on any atom is -0.469 e. The molecular formula is C10H10ClFO2. The SMILES string of the molecule is COC(=O)Cc1cc(F)cc(C)c1Cl. The number of esters is 1. The van der Waals surface area contributed by atoms with Crippen LogP contribution >= 0.6 is 11.6 Å². The van der Waals surface area contributed by atoms with Gasteiger partial charge in [-0.25, -0.2) is 4.39 Å². The summed E-state index contributed by atoms with van der Waals surface area (Å²) in [6, 6.07) is 2.56. The Labute approximate surface area is 86.6 Å². The summed E-state index contributed by atoms with van der Waals surface area (Å²) >= 11 is 5.89. The highest BCUT2D eigenvalue weighted by Crippen LogP contribution is 2.22. The summed E-state index contributed by atoms with van der Waals surface area (Å²) in [7, 11) is 1.28. The van der Waals surface area contributed by atoms with E-state index in [0.717, 1.165) is 0 Å². The second-order valence-corrected chi connectivity index (χ2v) is 3.33. The summed E-state index contributed by atoms with van der Waals surface area (Å²) in [5.41, 5.74) is 1.07. The molecule has 1 rings (SSSR count). The van der Waals surface area contributed by atoms with E-state index in [1.807, 2.05) is 0 Å². The lowest BCUT2D eigenvalue weighted by Gasteiger charge is -2.05. The molecule has 0 saturated heterocycles. The van der Waals surface area contributed by atoms with Crippen LogP contribution in [0, 0.1) is 12.7 Å². The topological polar surface area (TPSA) is 26.3 Å². The van der Waals surface area contributed by atoms with Crippen molar-refractivity contribution < 1.29 is 13.9 Å². The molecule has 0 aliphatic heterocycles. The van der Waals surface area contributed by atoms with Crippen LogP contribution in [0.5, 0.6) is 0 Å². The fourth-order valence-corrected chi connectivity index (χ4v) is 1.33. The summed E-state index contributed by atoms with van der Waals surface area (Å²) in [4.78, 5) is 11.0. The fourth-order valence-electron chi connectivity index (χ4n) is 1.15. The van der Waals surface area contributed by atoms with E-state index in [-0.39, 0.29) is 6.42 Å². The van der Waals surface area contributed by atoms with Crippen molar-refractivity contribution in [3.63, 3.8) is 0 Å². The number of rotatable bonds is 2. The Kier molecular flexibility index (Phi) is 3.47. The predicted molar refractivity (Wildman–Crippen MR) is 51.9 cm³/mol. The van der Waals surface area contributed by atoms with Crippen LogP contribution in [-0.4, -0.2) is 13.1 Å². The van der Waals surface area contributed by atoms with Crippen molar-refractivity contribution in [2.45, 2.75) is 13.3 Å². The van der Waals surface area contributed by atoms with Crippen LogP contribution in [0.25, 0.3) is 0 Å². The zero-order valence-electron chi connectivity index (χ0n) is 7.93. The van der Waals surface area contributed by atoms with Gasteiger partial charge in [0, 0.05) is 5.02 Å². The van der Waals surface area contributed by atoms with Crippen molar-refractivity contribution >= 4 is 17.6 Å². The van der Waals surface area contributed by atoms with Gasteiger partial charge in [0.05, 0.1) is 13.5 Å². The number of methoxy groups -OCH3 is 1. The van der Waals surface area contributed by atoms with Crippen LogP contribution in [0.2, 0.25) is 5.02 Å². The maximum absolute atomic E-state index is 13.0. The van der Waals surface area contributed by atoms with Gasteiger partial charge >= 0.3 is 5.97 Å². The van der Waals surface area contributed by atoms with Gasteiger partial charge in [-0.2, -0.15) is 0 Å². The molecule has 2 nitrogen and oxygen atoms in total. The fraction of sp³-hybridized carbons (Fsp3) is 0.300. The molecule has 14 heavy (non-hydrogen) atoms. The largest absolute Gasteiger partial charge is 0.469 e. The molecule has 0 N–H and O–H groups in total. The molecule has 0 fully saturated rings. The lowest BCUT2D eigenvalue weighted by Crippen LogP contribution is -2.05. The van der Waals surface area contributed by atoms with Gasteiger partial charge in [-0.3, -0.25) is 4.79 Å². The minimum absolute atomic E-state index is 0.00602. The van der Waals surface area contributed by atoms with E-state index < -0.39 is 11.8 Å². The molecule has 4 heteroatoms. The Balaban J connectivity index is 3.02. The molecule has 0 aliphatic rings. The molecule has 0 saturated carbocycles. The Bertz CT molecular complexity index is 363. The molecule has 1 aromatic rings. The average Bonchev–Trinajstić information content (AvgIpc) is 2.13. The molecular weight excluding hydrogens is 207 g/mol. The molecule has 0 bridgehead atoms. The first-order valence-corrected chi connectivity index (χ1v) is 4.43. The summed E-state index contributed by atoms with van der Waals surface area (Å²) in [5, 5.41) is 0.414. The molecule has 0 unspecified atom stereocenters. The highest BCUT2D eigenvalue weighted by molar-refractivity contribution is 6.32.